The van der Waals surface area contributed by atoms with E-state index in [9.17, 15) is 0 Å². The third-order valence-corrected chi connectivity index (χ3v) is 3.59. The minimum atomic E-state index is 0.0893. The Hall–Kier alpha value is -2.00. The van der Waals surface area contributed by atoms with Crippen molar-refractivity contribution in [1.29, 1.82) is 0 Å². The van der Waals surface area contributed by atoms with Crippen LogP contribution in [-0.2, 0) is 6.42 Å². The molecule has 2 rings (SSSR count). The van der Waals surface area contributed by atoms with Crippen LogP contribution in [0.2, 0.25) is 0 Å². The van der Waals surface area contributed by atoms with Crippen molar-refractivity contribution in [2.75, 3.05) is 20.8 Å². The Morgan fingerprint density at radius 3 is 2.62 bits per heavy atom. The summed E-state index contributed by atoms with van der Waals surface area (Å²) in [6, 6.07) is 16.3. The molecule has 0 aromatic heterocycles. The fourth-order valence-electron chi connectivity index (χ4n) is 2.32. The summed E-state index contributed by atoms with van der Waals surface area (Å²) in [7, 11) is 3.63. The third-order valence-electron chi connectivity index (χ3n) is 3.59. The lowest BCUT2D eigenvalue weighted by Gasteiger charge is -2.20. The second-order valence-electron chi connectivity index (χ2n) is 4.90. The molecule has 0 saturated heterocycles. The van der Waals surface area contributed by atoms with Crippen LogP contribution in [-0.4, -0.2) is 20.8 Å². The molecule has 0 aliphatic carbocycles. The molecule has 1 N–H and O–H groups in total. The highest BCUT2D eigenvalue weighted by Gasteiger charge is 2.14. The Kier molecular flexibility index (Phi) is 5.64. The topological polar surface area (TPSA) is 30.5 Å². The molecule has 0 saturated carbocycles. The number of benzene rings is 2. The van der Waals surface area contributed by atoms with Crippen molar-refractivity contribution in [3.8, 4) is 11.5 Å². The van der Waals surface area contributed by atoms with Gasteiger partial charge in [0, 0.05) is 5.56 Å². The fourth-order valence-corrected chi connectivity index (χ4v) is 2.32. The van der Waals surface area contributed by atoms with Gasteiger partial charge in [-0.1, -0.05) is 37.3 Å². The molecule has 21 heavy (non-hydrogen) atoms. The first-order valence-corrected chi connectivity index (χ1v) is 7.30. The standard InChI is InChI=1S/C18H23NO2/c1-4-14-8-7-9-15(12-14)21-13-17(19-2)16-10-5-6-11-18(16)20-3/h5-12,17,19H,4,13H2,1-3H3. The van der Waals surface area contributed by atoms with E-state index < -0.39 is 0 Å². The molecule has 0 bridgehead atoms. The molecule has 2 aromatic rings. The highest BCUT2D eigenvalue weighted by Crippen LogP contribution is 2.25. The molecular weight excluding hydrogens is 262 g/mol. The van der Waals surface area contributed by atoms with Crippen LogP contribution in [0.1, 0.15) is 24.1 Å². The normalized spacial score (nSPS) is 12.0. The van der Waals surface area contributed by atoms with Gasteiger partial charge in [0.2, 0.25) is 0 Å². The first kappa shape index (κ1) is 15.4. The van der Waals surface area contributed by atoms with E-state index in [1.807, 2.05) is 37.4 Å². The summed E-state index contributed by atoms with van der Waals surface area (Å²) in [6.07, 6.45) is 1.01. The molecule has 0 spiro atoms. The van der Waals surface area contributed by atoms with Crippen molar-refractivity contribution in [2.45, 2.75) is 19.4 Å². The number of likely N-dealkylation sites (N-methyl/N-ethyl adjacent to an activating group) is 1. The van der Waals surface area contributed by atoms with E-state index in [0.29, 0.717) is 6.61 Å². The number of hydrogen-bond donors (Lipinski definition) is 1. The summed E-state index contributed by atoms with van der Waals surface area (Å²) >= 11 is 0. The third kappa shape index (κ3) is 3.99. The zero-order chi connectivity index (χ0) is 15.1. The maximum atomic E-state index is 5.94. The lowest BCUT2D eigenvalue weighted by molar-refractivity contribution is 0.268. The van der Waals surface area contributed by atoms with Crippen molar-refractivity contribution in [3.63, 3.8) is 0 Å². The Balaban J connectivity index is 2.08. The SMILES string of the molecule is CCc1cccc(OCC(NC)c2ccccc2OC)c1. The molecule has 0 aliphatic heterocycles. The minimum Gasteiger partial charge on any atom is -0.496 e. The molecule has 3 heteroatoms. The van der Waals surface area contributed by atoms with Gasteiger partial charge < -0.3 is 14.8 Å². The van der Waals surface area contributed by atoms with E-state index in [4.69, 9.17) is 9.47 Å². The molecular formula is C18H23NO2. The molecule has 0 heterocycles. The minimum absolute atomic E-state index is 0.0893. The quantitative estimate of drug-likeness (QED) is 0.843. The molecule has 112 valence electrons. The lowest BCUT2D eigenvalue weighted by Crippen LogP contribution is -2.23. The second-order valence-corrected chi connectivity index (χ2v) is 4.90. The lowest BCUT2D eigenvalue weighted by atomic mass is 10.1. The van der Waals surface area contributed by atoms with E-state index >= 15 is 0 Å². The van der Waals surface area contributed by atoms with Gasteiger partial charge in [-0.15, -0.1) is 0 Å². The summed E-state index contributed by atoms with van der Waals surface area (Å²) in [5, 5.41) is 3.29. The second kappa shape index (κ2) is 7.70. The largest absolute Gasteiger partial charge is 0.496 e. The van der Waals surface area contributed by atoms with Crippen molar-refractivity contribution in [1.82, 2.24) is 5.32 Å². The number of ether oxygens (including phenoxy) is 2. The van der Waals surface area contributed by atoms with Crippen LogP contribution in [0.25, 0.3) is 0 Å². The fraction of sp³-hybridized carbons (Fsp3) is 0.333. The Morgan fingerprint density at radius 1 is 1.10 bits per heavy atom. The predicted molar refractivity (Wildman–Crippen MR) is 86.1 cm³/mol. The van der Waals surface area contributed by atoms with Gasteiger partial charge in [-0.3, -0.25) is 0 Å². The van der Waals surface area contributed by atoms with Crippen LogP contribution >= 0.6 is 0 Å². The average Bonchev–Trinajstić information content (AvgIpc) is 2.56. The first-order valence-electron chi connectivity index (χ1n) is 7.30. The maximum Gasteiger partial charge on any atom is 0.123 e. The van der Waals surface area contributed by atoms with Crippen LogP contribution < -0.4 is 14.8 Å². The number of aryl methyl sites for hydroxylation is 1. The Labute approximate surface area is 126 Å². The van der Waals surface area contributed by atoms with Gasteiger partial charge in [-0.25, -0.2) is 0 Å². The van der Waals surface area contributed by atoms with Crippen LogP contribution in [0.5, 0.6) is 11.5 Å². The Morgan fingerprint density at radius 2 is 1.90 bits per heavy atom. The summed E-state index contributed by atoms with van der Waals surface area (Å²) in [5.74, 6) is 1.78. The summed E-state index contributed by atoms with van der Waals surface area (Å²) < 4.78 is 11.4. The van der Waals surface area contributed by atoms with Crippen molar-refractivity contribution < 1.29 is 9.47 Å². The molecule has 0 amide bonds. The first-order chi connectivity index (χ1) is 10.3. The maximum absolute atomic E-state index is 5.94. The zero-order valence-electron chi connectivity index (χ0n) is 12.9. The molecule has 3 nitrogen and oxygen atoms in total. The van der Waals surface area contributed by atoms with Gasteiger partial charge in [0.15, 0.2) is 0 Å². The van der Waals surface area contributed by atoms with Crippen molar-refractivity contribution in [3.05, 3.63) is 59.7 Å². The number of nitrogens with one attached hydrogen (secondary N) is 1. The number of para-hydroxylation sites is 1. The van der Waals surface area contributed by atoms with E-state index in [-0.39, 0.29) is 6.04 Å². The summed E-state index contributed by atoms with van der Waals surface area (Å²) in [4.78, 5) is 0. The highest BCUT2D eigenvalue weighted by molar-refractivity contribution is 5.36. The van der Waals surface area contributed by atoms with E-state index in [0.717, 1.165) is 23.5 Å². The van der Waals surface area contributed by atoms with E-state index in [1.54, 1.807) is 7.11 Å². The van der Waals surface area contributed by atoms with Gasteiger partial charge in [0.1, 0.15) is 18.1 Å². The van der Waals surface area contributed by atoms with Crippen LogP contribution in [0.3, 0.4) is 0 Å². The molecule has 1 atom stereocenters. The van der Waals surface area contributed by atoms with Crippen LogP contribution in [0.15, 0.2) is 48.5 Å². The van der Waals surface area contributed by atoms with Crippen LogP contribution in [0.4, 0.5) is 0 Å². The van der Waals surface area contributed by atoms with Gasteiger partial charge in [0.25, 0.3) is 0 Å². The highest BCUT2D eigenvalue weighted by atomic mass is 16.5. The number of hydrogen-bond acceptors (Lipinski definition) is 3. The number of methoxy groups -OCH3 is 1. The summed E-state index contributed by atoms with van der Waals surface area (Å²) in [6.45, 7) is 2.70. The van der Waals surface area contributed by atoms with E-state index in [1.165, 1.54) is 5.56 Å². The van der Waals surface area contributed by atoms with Crippen molar-refractivity contribution in [2.24, 2.45) is 0 Å². The molecule has 2 aromatic carbocycles. The molecule has 1 unspecified atom stereocenters. The van der Waals surface area contributed by atoms with Gasteiger partial charge in [-0.2, -0.15) is 0 Å². The molecule has 0 aliphatic rings. The van der Waals surface area contributed by atoms with Crippen LogP contribution in [0, 0.1) is 0 Å². The molecule has 0 fully saturated rings. The Bertz CT molecular complexity index is 569. The zero-order valence-corrected chi connectivity index (χ0v) is 12.9. The predicted octanol–water partition coefficient (Wildman–Crippen LogP) is 3.60. The monoisotopic (exact) mass is 285 g/mol. The van der Waals surface area contributed by atoms with Gasteiger partial charge in [-0.05, 0) is 37.2 Å². The van der Waals surface area contributed by atoms with Gasteiger partial charge >= 0.3 is 0 Å². The van der Waals surface area contributed by atoms with Crippen molar-refractivity contribution >= 4 is 0 Å². The van der Waals surface area contributed by atoms with E-state index in [2.05, 4.69) is 30.4 Å². The number of rotatable bonds is 7. The molecule has 0 radical (unpaired) electrons. The van der Waals surface area contributed by atoms with Gasteiger partial charge in [0.05, 0.1) is 13.2 Å². The average molecular weight is 285 g/mol. The summed E-state index contributed by atoms with van der Waals surface area (Å²) in [5.41, 5.74) is 2.39. The smallest absolute Gasteiger partial charge is 0.123 e.